The van der Waals surface area contributed by atoms with E-state index in [0.29, 0.717) is 6.42 Å². The molecular weight excluding hydrogens is 506 g/mol. The van der Waals surface area contributed by atoms with E-state index >= 15 is 0 Å². The molecule has 0 spiro atoms. The largest absolute Gasteiger partial charge is 0.497 e. The van der Waals surface area contributed by atoms with Crippen molar-refractivity contribution >= 4 is 27.5 Å². The molecule has 8 heteroatoms. The molecular formula is C27H26BrN5O2. The summed E-state index contributed by atoms with van der Waals surface area (Å²) in [6.07, 6.45) is 5.68. The van der Waals surface area contributed by atoms with E-state index in [4.69, 9.17) is 10.5 Å². The summed E-state index contributed by atoms with van der Waals surface area (Å²) >= 11 is 3.42. The van der Waals surface area contributed by atoms with Crippen molar-refractivity contribution in [3.63, 3.8) is 0 Å². The summed E-state index contributed by atoms with van der Waals surface area (Å²) < 4.78 is 8.11. The van der Waals surface area contributed by atoms with E-state index in [1.165, 1.54) is 0 Å². The minimum Gasteiger partial charge on any atom is -0.497 e. The number of pyridine rings is 1. The molecule has 3 heterocycles. The maximum atomic E-state index is 12.9. The van der Waals surface area contributed by atoms with Gasteiger partial charge in [-0.15, -0.1) is 0 Å². The number of ether oxygens (including phenoxy) is 1. The van der Waals surface area contributed by atoms with Gasteiger partial charge in [0.05, 0.1) is 25.3 Å². The molecule has 2 aromatic carbocycles. The summed E-state index contributed by atoms with van der Waals surface area (Å²) in [5.41, 5.74) is 11.8. The number of rotatable bonds is 5. The molecule has 0 saturated heterocycles. The Labute approximate surface area is 212 Å². The fourth-order valence-corrected chi connectivity index (χ4v) is 5.14. The van der Waals surface area contributed by atoms with Crippen molar-refractivity contribution < 1.29 is 9.53 Å². The van der Waals surface area contributed by atoms with Gasteiger partial charge in [-0.2, -0.15) is 0 Å². The Bertz CT molecular complexity index is 1400. The van der Waals surface area contributed by atoms with Gasteiger partial charge in [0.25, 0.3) is 0 Å². The number of carbonyl (C=O) groups excluding carboxylic acids is 1. The first kappa shape index (κ1) is 23.3. The van der Waals surface area contributed by atoms with Gasteiger partial charge in [-0.05, 0) is 56.9 Å². The number of carbonyl (C=O) groups is 1. The van der Waals surface area contributed by atoms with Crippen molar-refractivity contribution in [1.82, 2.24) is 14.5 Å². The molecule has 0 bridgehead atoms. The van der Waals surface area contributed by atoms with Gasteiger partial charge in [0.2, 0.25) is 5.91 Å². The van der Waals surface area contributed by atoms with Gasteiger partial charge in [-0.3, -0.25) is 4.79 Å². The van der Waals surface area contributed by atoms with E-state index in [1.807, 2.05) is 67.2 Å². The van der Waals surface area contributed by atoms with Crippen LogP contribution in [0.2, 0.25) is 0 Å². The highest BCUT2D eigenvalue weighted by Crippen LogP contribution is 2.43. The summed E-state index contributed by atoms with van der Waals surface area (Å²) in [5.74, 6) is 0.707. The second kappa shape index (κ2) is 8.94. The molecule has 4 aromatic rings. The highest BCUT2D eigenvalue weighted by Gasteiger charge is 2.38. The van der Waals surface area contributed by atoms with E-state index in [2.05, 4.69) is 32.0 Å². The van der Waals surface area contributed by atoms with Gasteiger partial charge in [0, 0.05) is 43.9 Å². The topological polar surface area (TPSA) is 86.3 Å². The van der Waals surface area contributed by atoms with Crippen LogP contribution in [0.15, 0.2) is 77.9 Å². The number of nitrogens with zero attached hydrogens (tertiary/aromatic N) is 4. The summed E-state index contributed by atoms with van der Waals surface area (Å²) in [7, 11) is 5.39. The molecule has 2 atom stereocenters. The number of methoxy groups -OCH3 is 1. The Balaban J connectivity index is 1.72. The van der Waals surface area contributed by atoms with Crippen LogP contribution in [-0.4, -0.2) is 34.6 Å². The smallest absolute Gasteiger partial charge is 0.227 e. The Morgan fingerprint density at radius 3 is 2.57 bits per heavy atom. The van der Waals surface area contributed by atoms with Gasteiger partial charge < -0.3 is 19.9 Å². The van der Waals surface area contributed by atoms with Crippen LogP contribution in [0.3, 0.4) is 0 Å². The van der Waals surface area contributed by atoms with E-state index in [-0.39, 0.29) is 11.8 Å². The van der Waals surface area contributed by atoms with E-state index in [1.54, 1.807) is 30.7 Å². The molecule has 2 N–H and O–H groups in total. The number of halogens is 1. The van der Waals surface area contributed by atoms with E-state index < -0.39 is 5.54 Å². The normalized spacial score (nSPS) is 17.1. The molecule has 0 radical (unpaired) electrons. The molecule has 5 rings (SSSR count). The van der Waals surface area contributed by atoms with E-state index in [0.717, 1.165) is 44.0 Å². The molecule has 0 aliphatic carbocycles. The van der Waals surface area contributed by atoms with Crippen LogP contribution >= 0.6 is 15.9 Å². The van der Waals surface area contributed by atoms with Crippen LogP contribution in [-0.2, 0) is 17.4 Å². The maximum absolute atomic E-state index is 12.9. The fraction of sp³-hybridized carbons (Fsp3) is 0.222. The lowest BCUT2D eigenvalue weighted by Crippen LogP contribution is -2.41. The zero-order valence-corrected chi connectivity index (χ0v) is 21.4. The van der Waals surface area contributed by atoms with Crippen molar-refractivity contribution in [3.05, 3.63) is 106 Å². The molecule has 35 heavy (non-hydrogen) atoms. The van der Waals surface area contributed by atoms with Crippen LogP contribution in [0, 0.1) is 0 Å². The summed E-state index contributed by atoms with van der Waals surface area (Å²) in [6, 6.07) is 17.9. The molecule has 0 saturated carbocycles. The van der Waals surface area contributed by atoms with Crippen molar-refractivity contribution in [2.45, 2.75) is 17.9 Å². The van der Waals surface area contributed by atoms with Crippen LogP contribution < -0.4 is 15.4 Å². The number of hydrogen-bond donors (Lipinski definition) is 1. The Kier molecular flexibility index (Phi) is 5.94. The van der Waals surface area contributed by atoms with Crippen molar-refractivity contribution in [1.29, 1.82) is 0 Å². The van der Waals surface area contributed by atoms with Crippen LogP contribution in [0.5, 0.6) is 5.75 Å². The summed E-state index contributed by atoms with van der Waals surface area (Å²) in [4.78, 5) is 23.4. The minimum atomic E-state index is -1.01. The number of aryl methyl sites for hydroxylation is 1. The number of amides is 1. The fourth-order valence-electron chi connectivity index (χ4n) is 4.90. The molecule has 2 aromatic heterocycles. The van der Waals surface area contributed by atoms with Crippen molar-refractivity contribution in [2.24, 2.45) is 12.8 Å². The van der Waals surface area contributed by atoms with Gasteiger partial charge in [0.15, 0.2) is 0 Å². The maximum Gasteiger partial charge on any atom is 0.227 e. The number of benzene rings is 2. The van der Waals surface area contributed by atoms with Gasteiger partial charge in [-0.1, -0.05) is 30.3 Å². The summed E-state index contributed by atoms with van der Waals surface area (Å²) in [5, 5.41) is 0. The monoisotopic (exact) mass is 531 g/mol. The first-order chi connectivity index (χ1) is 16.8. The third-order valence-electron chi connectivity index (χ3n) is 6.87. The SMILES string of the molecule is COc1cccc(C2CC(=O)N(C)c3ccc(C(N)(c4ccc(Br)nc4)c4cncn4C)cc32)c1. The first-order valence-corrected chi connectivity index (χ1v) is 12.0. The Morgan fingerprint density at radius 1 is 1.09 bits per heavy atom. The van der Waals surface area contributed by atoms with Gasteiger partial charge in [0.1, 0.15) is 15.9 Å². The molecule has 7 nitrogen and oxygen atoms in total. The average Bonchev–Trinajstić information content (AvgIpc) is 3.32. The van der Waals surface area contributed by atoms with Gasteiger partial charge in [-0.25, -0.2) is 9.97 Å². The lowest BCUT2D eigenvalue weighted by molar-refractivity contribution is -0.118. The molecule has 2 unspecified atom stereocenters. The molecule has 1 aliphatic rings. The number of aromatic nitrogens is 3. The average molecular weight is 532 g/mol. The third kappa shape index (κ3) is 3.92. The highest BCUT2D eigenvalue weighted by molar-refractivity contribution is 9.10. The zero-order chi connectivity index (χ0) is 24.7. The highest BCUT2D eigenvalue weighted by atomic mass is 79.9. The lowest BCUT2D eigenvalue weighted by atomic mass is 9.77. The van der Waals surface area contributed by atoms with Crippen LogP contribution in [0.4, 0.5) is 5.69 Å². The lowest BCUT2D eigenvalue weighted by Gasteiger charge is -2.36. The number of fused-ring (bicyclic) bond motifs is 1. The van der Waals surface area contributed by atoms with Crippen molar-refractivity contribution in [3.8, 4) is 5.75 Å². The predicted molar refractivity (Wildman–Crippen MR) is 139 cm³/mol. The predicted octanol–water partition coefficient (Wildman–Crippen LogP) is 4.34. The quantitative estimate of drug-likeness (QED) is 0.387. The second-order valence-electron chi connectivity index (χ2n) is 8.83. The van der Waals surface area contributed by atoms with Crippen LogP contribution in [0.25, 0.3) is 0 Å². The number of nitrogens with two attached hydrogens (primary N) is 1. The van der Waals surface area contributed by atoms with E-state index in [9.17, 15) is 4.79 Å². The molecule has 1 aliphatic heterocycles. The second-order valence-corrected chi connectivity index (χ2v) is 9.64. The van der Waals surface area contributed by atoms with Crippen LogP contribution in [0.1, 0.15) is 40.3 Å². The first-order valence-electron chi connectivity index (χ1n) is 11.3. The number of hydrogen-bond acceptors (Lipinski definition) is 5. The number of imidazole rings is 1. The van der Waals surface area contributed by atoms with Crippen molar-refractivity contribution in [2.75, 3.05) is 19.1 Å². The van der Waals surface area contributed by atoms with Gasteiger partial charge >= 0.3 is 0 Å². The standard InChI is InChI=1S/C27H26BrN5O2/c1-32-16-30-15-24(32)27(29,19-8-10-25(28)31-14-19)18-7-9-23-22(12-18)21(13-26(34)33(23)2)17-5-4-6-20(11-17)35-3/h4-12,14-16,21H,13,29H2,1-3H3. The number of anilines is 1. The molecule has 178 valence electrons. The Morgan fingerprint density at radius 2 is 1.89 bits per heavy atom. The summed E-state index contributed by atoms with van der Waals surface area (Å²) in [6.45, 7) is 0. The zero-order valence-electron chi connectivity index (χ0n) is 19.8. The molecule has 1 amide bonds. The molecule has 0 fully saturated rings. The Hall–Kier alpha value is -3.49. The third-order valence-corrected chi connectivity index (χ3v) is 7.34. The minimum absolute atomic E-state index is 0.0702.